The van der Waals surface area contributed by atoms with E-state index in [4.69, 9.17) is 14.5 Å². The number of esters is 1. The lowest BCUT2D eigenvalue weighted by atomic mass is 9.92. The third kappa shape index (κ3) is 9.29. The fraction of sp³-hybridized carbons (Fsp3) is 0.400. The summed E-state index contributed by atoms with van der Waals surface area (Å²) in [6.45, 7) is 12.5. The second-order valence-corrected chi connectivity index (χ2v) is 17.1. The number of rotatable bonds is 12. The van der Waals surface area contributed by atoms with Gasteiger partial charge in [0, 0.05) is 30.8 Å². The summed E-state index contributed by atoms with van der Waals surface area (Å²) in [5, 5.41) is 13.0. The Morgan fingerprint density at radius 3 is 2.58 bits per heavy atom. The zero-order valence-corrected chi connectivity index (χ0v) is 34.2. The Kier molecular flexibility index (Phi) is 11.9. The molecule has 12 heteroatoms. The normalized spacial score (nSPS) is 16.5. The summed E-state index contributed by atoms with van der Waals surface area (Å²) in [4.78, 5) is 52.9. The first-order valence-electron chi connectivity index (χ1n) is 19.8. The standard InChI is InChI=1S/C45H51N5O6S/c1-28-32(15-9-18-37(28)55-25-11-13-30-12-10-23-49(26-30)29(2)42(52)53)33-20-21-39(47-40(33)43(54)56-45(3,4)5)50-24-22-31-14-8-16-34(35(31)27-50)41(51)48-44-46-36-17-6-7-19-38(36)57-44/h6-9,14-21,29-30H,10-13,22-27H2,1-5H3,(H,52,53)(H,46,48,51)/t29-,30?/m0/s1. The third-order valence-electron chi connectivity index (χ3n) is 10.9. The molecule has 5 aromatic rings. The molecule has 2 N–H and O–H groups in total. The number of benzene rings is 3. The lowest BCUT2D eigenvalue weighted by Crippen LogP contribution is -2.45. The summed E-state index contributed by atoms with van der Waals surface area (Å²) in [5.74, 6) is 0.297. The van der Waals surface area contributed by atoms with Crippen molar-refractivity contribution in [3.63, 3.8) is 0 Å². The summed E-state index contributed by atoms with van der Waals surface area (Å²) in [5.41, 5.74) is 5.31. The van der Waals surface area contributed by atoms with Gasteiger partial charge < -0.3 is 19.5 Å². The van der Waals surface area contributed by atoms with Crippen LogP contribution in [-0.2, 0) is 22.5 Å². The van der Waals surface area contributed by atoms with Gasteiger partial charge in [-0.1, -0.05) is 47.7 Å². The molecule has 11 nitrogen and oxygen atoms in total. The Labute approximate surface area is 338 Å². The highest BCUT2D eigenvalue weighted by atomic mass is 32.1. The van der Waals surface area contributed by atoms with Gasteiger partial charge in [-0.2, -0.15) is 0 Å². The highest BCUT2D eigenvalue weighted by Gasteiger charge is 2.29. The van der Waals surface area contributed by atoms with Gasteiger partial charge in [-0.3, -0.25) is 19.8 Å². The molecular weight excluding hydrogens is 739 g/mol. The van der Waals surface area contributed by atoms with E-state index in [-0.39, 0.29) is 11.6 Å². The number of piperidine rings is 1. The predicted molar refractivity (Wildman–Crippen MR) is 224 cm³/mol. The largest absolute Gasteiger partial charge is 0.493 e. The van der Waals surface area contributed by atoms with Crippen molar-refractivity contribution < 1.29 is 29.0 Å². The number of fused-ring (bicyclic) bond motifs is 2. The highest BCUT2D eigenvalue weighted by molar-refractivity contribution is 7.22. The van der Waals surface area contributed by atoms with Gasteiger partial charge in [0.05, 0.1) is 16.8 Å². The fourth-order valence-corrected chi connectivity index (χ4v) is 8.72. The number of thiazole rings is 1. The van der Waals surface area contributed by atoms with E-state index < -0.39 is 23.6 Å². The van der Waals surface area contributed by atoms with E-state index in [1.54, 1.807) is 6.92 Å². The minimum absolute atomic E-state index is 0.214. The van der Waals surface area contributed by atoms with Gasteiger partial charge in [-0.25, -0.2) is 14.8 Å². The van der Waals surface area contributed by atoms with Crippen LogP contribution in [0.4, 0.5) is 10.9 Å². The number of nitrogens with zero attached hydrogens (tertiary/aromatic N) is 4. The lowest BCUT2D eigenvalue weighted by Gasteiger charge is -2.35. The molecule has 2 aromatic heterocycles. The molecular formula is C45H51N5O6S. The van der Waals surface area contributed by atoms with Gasteiger partial charge >= 0.3 is 11.9 Å². The van der Waals surface area contributed by atoms with Crippen molar-refractivity contribution in [1.29, 1.82) is 0 Å². The van der Waals surface area contributed by atoms with Crippen LogP contribution in [0.1, 0.15) is 90.9 Å². The maximum atomic E-state index is 13.9. The molecule has 1 unspecified atom stereocenters. The van der Waals surface area contributed by atoms with Crippen molar-refractivity contribution in [2.24, 2.45) is 5.92 Å². The second kappa shape index (κ2) is 17.0. The SMILES string of the molecule is Cc1c(OCCCC2CCCN([C@@H](C)C(=O)O)C2)cccc1-c1ccc(N2CCc3cccc(C(=O)Nc4nc5ccccc5s4)c3C2)nc1C(=O)OC(C)(C)C. The molecule has 0 spiro atoms. The van der Waals surface area contributed by atoms with Crippen molar-refractivity contribution in [2.75, 3.05) is 36.5 Å². The second-order valence-electron chi connectivity index (χ2n) is 16.1. The third-order valence-corrected chi connectivity index (χ3v) is 11.8. The minimum atomic E-state index is -0.774. The number of amides is 1. The van der Waals surface area contributed by atoms with E-state index >= 15 is 0 Å². The molecule has 2 aliphatic heterocycles. The van der Waals surface area contributed by atoms with Crippen molar-refractivity contribution >= 4 is 50.3 Å². The average molecular weight is 790 g/mol. The number of ether oxygens (including phenoxy) is 2. The summed E-state index contributed by atoms with van der Waals surface area (Å²) in [6.07, 6.45) is 4.63. The quantitative estimate of drug-likeness (QED) is 0.0934. The number of likely N-dealkylation sites (tertiary alicyclic amines) is 1. The first kappa shape index (κ1) is 39.9. The Hall–Kier alpha value is -5.33. The molecule has 0 saturated carbocycles. The highest BCUT2D eigenvalue weighted by Crippen LogP contribution is 2.36. The number of hydrogen-bond donors (Lipinski definition) is 2. The van der Waals surface area contributed by atoms with Crippen LogP contribution < -0.4 is 15.0 Å². The van der Waals surface area contributed by atoms with Crippen molar-refractivity contribution in [1.82, 2.24) is 14.9 Å². The number of carboxylic acid groups (broad SMARTS) is 1. The Bertz CT molecular complexity index is 2250. The number of para-hydroxylation sites is 1. The van der Waals surface area contributed by atoms with Gasteiger partial charge in [0.1, 0.15) is 23.2 Å². The van der Waals surface area contributed by atoms with Crippen LogP contribution in [0.25, 0.3) is 21.3 Å². The molecule has 1 amide bonds. The van der Waals surface area contributed by atoms with Crippen molar-refractivity contribution in [3.05, 3.63) is 101 Å². The summed E-state index contributed by atoms with van der Waals surface area (Å²) in [6, 6.07) is 22.9. The summed E-state index contributed by atoms with van der Waals surface area (Å²) >= 11 is 1.44. The van der Waals surface area contributed by atoms with Crippen LogP contribution in [0, 0.1) is 12.8 Å². The molecule has 0 aliphatic carbocycles. The number of pyridine rings is 1. The van der Waals surface area contributed by atoms with E-state index in [0.29, 0.717) is 54.1 Å². The molecule has 0 radical (unpaired) electrons. The number of carboxylic acids is 1. The fourth-order valence-electron chi connectivity index (χ4n) is 7.86. The maximum Gasteiger partial charge on any atom is 0.358 e. The Balaban J connectivity index is 1.09. The van der Waals surface area contributed by atoms with Gasteiger partial charge in [0.15, 0.2) is 10.8 Å². The van der Waals surface area contributed by atoms with E-state index in [2.05, 4.69) is 26.2 Å². The number of aromatic nitrogens is 2. The number of nitrogens with one attached hydrogen (secondary N) is 1. The zero-order valence-electron chi connectivity index (χ0n) is 33.3. The monoisotopic (exact) mass is 789 g/mol. The van der Waals surface area contributed by atoms with Crippen molar-refractivity contribution in [3.8, 4) is 16.9 Å². The van der Waals surface area contributed by atoms with E-state index in [1.165, 1.54) is 11.3 Å². The molecule has 3 aromatic carbocycles. The Morgan fingerprint density at radius 1 is 0.982 bits per heavy atom. The first-order chi connectivity index (χ1) is 27.3. The molecule has 7 rings (SSSR count). The van der Waals surface area contributed by atoms with Crippen LogP contribution in [0.3, 0.4) is 0 Å². The summed E-state index contributed by atoms with van der Waals surface area (Å²) in [7, 11) is 0. The lowest BCUT2D eigenvalue weighted by molar-refractivity contribution is -0.143. The van der Waals surface area contributed by atoms with Crippen LogP contribution in [0.2, 0.25) is 0 Å². The first-order valence-corrected chi connectivity index (χ1v) is 20.6. The maximum absolute atomic E-state index is 13.9. The minimum Gasteiger partial charge on any atom is -0.493 e. The summed E-state index contributed by atoms with van der Waals surface area (Å²) < 4.78 is 13.2. The van der Waals surface area contributed by atoms with Crippen molar-refractivity contribution in [2.45, 2.75) is 84.9 Å². The van der Waals surface area contributed by atoms with Gasteiger partial charge in [-0.05, 0) is 138 Å². The van der Waals surface area contributed by atoms with Gasteiger partial charge in [0.2, 0.25) is 0 Å². The number of hydrogen-bond acceptors (Lipinski definition) is 10. The van der Waals surface area contributed by atoms with Crippen LogP contribution in [-0.4, -0.2) is 75.7 Å². The topological polar surface area (TPSA) is 134 Å². The molecule has 4 heterocycles. The zero-order chi connectivity index (χ0) is 40.3. The molecule has 2 aliphatic rings. The molecule has 1 saturated heterocycles. The molecule has 2 atom stereocenters. The number of carbonyl (C=O) groups is 3. The van der Waals surface area contributed by atoms with Gasteiger partial charge in [-0.15, -0.1) is 0 Å². The van der Waals surface area contributed by atoms with Crippen LogP contribution in [0.5, 0.6) is 5.75 Å². The number of aliphatic carboxylic acids is 1. The number of anilines is 2. The van der Waals surface area contributed by atoms with E-state index in [0.717, 1.165) is 77.0 Å². The Morgan fingerprint density at radius 2 is 1.79 bits per heavy atom. The van der Waals surface area contributed by atoms with Gasteiger partial charge in [0.25, 0.3) is 5.91 Å². The predicted octanol–water partition coefficient (Wildman–Crippen LogP) is 8.78. The van der Waals surface area contributed by atoms with Crippen LogP contribution >= 0.6 is 11.3 Å². The van der Waals surface area contributed by atoms with Crippen LogP contribution in [0.15, 0.2) is 72.8 Å². The van der Waals surface area contributed by atoms with E-state index in [9.17, 15) is 19.5 Å². The molecule has 298 valence electrons. The number of carbonyl (C=O) groups excluding carboxylic acids is 2. The molecule has 1 fully saturated rings. The molecule has 57 heavy (non-hydrogen) atoms. The average Bonchev–Trinajstić information content (AvgIpc) is 3.61. The molecule has 0 bridgehead atoms. The van der Waals surface area contributed by atoms with E-state index in [1.807, 2.05) is 94.4 Å². The smallest absolute Gasteiger partial charge is 0.358 e.